The van der Waals surface area contributed by atoms with Crippen LogP contribution < -0.4 is 0 Å². The molecule has 3 nitrogen and oxygen atoms in total. The number of amides is 1. The average molecular weight is 199 g/mol. The Morgan fingerprint density at radius 1 is 1.36 bits per heavy atom. The number of aliphatic hydroxyl groups is 1. The second kappa shape index (κ2) is 4.30. The van der Waals surface area contributed by atoms with Crippen molar-refractivity contribution in [1.29, 1.82) is 0 Å². The number of hydrogen-bond acceptors (Lipinski definition) is 2. The summed E-state index contributed by atoms with van der Waals surface area (Å²) in [4.78, 5) is 13.6. The molecule has 1 fully saturated rings. The van der Waals surface area contributed by atoms with E-state index in [-0.39, 0.29) is 24.1 Å². The van der Waals surface area contributed by atoms with Crippen molar-refractivity contribution in [2.75, 3.05) is 0 Å². The minimum Gasteiger partial charge on any atom is -0.391 e. The number of piperidine rings is 1. The van der Waals surface area contributed by atoms with Crippen molar-refractivity contribution in [3.8, 4) is 0 Å². The Bertz CT molecular complexity index is 213. The summed E-state index contributed by atoms with van der Waals surface area (Å²) in [7, 11) is 0. The molecule has 82 valence electrons. The van der Waals surface area contributed by atoms with Crippen molar-refractivity contribution >= 4 is 5.91 Å². The summed E-state index contributed by atoms with van der Waals surface area (Å²) < 4.78 is 0. The topological polar surface area (TPSA) is 40.5 Å². The van der Waals surface area contributed by atoms with E-state index in [2.05, 4.69) is 13.8 Å². The standard InChI is InChI=1S/C11H21NO2/c1-7(2)11-9(13)5-6-10(14)12(11)8(3)4/h7-9,11,13H,5-6H2,1-4H3/t9-,11+/m1/s1. The summed E-state index contributed by atoms with van der Waals surface area (Å²) in [5, 5.41) is 9.88. The fourth-order valence-corrected chi connectivity index (χ4v) is 2.32. The monoisotopic (exact) mass is 199 g/mol. The van der Waals surface area contributed by atoms with E-state index >= 15 is 0 Å². The van der Waals surface area contributed by atoms with Crippen molar-refractivity contribution in [3.05, 3.63) is 0 Å². The number of hydrogen-bond donors (Lipinski definition) is 1. The molecule has 2 atom stereocenters. The molecule has 0 radical (unpaired) electrons. The van der Waals surface area contributed by atoms with E-state index in [0.29, 0.717) is 18.8 Å². The van der Waals surface area contributed by atoms with Gasteiger partial charge < -0.3 is 10.0 Å². The second-order valence-corrected chi connectivity index (χ2v) is 4.74. The molecular weight excluding hydrogens is 178 g/mol. The molecule has 1 heterocycles. The fraction of sp³-hybridized carbons (Fsp3) is 0.909. The molecule has 0 spiro atoms. The van der Waals surface area contributed by atoms with Gasteiger partial charge in [0.2, 0.25) is 5.91 Å². The Morgan fingerprint density at radius 2 is 1.93 bits per heavy atom. The lowest BCUT2D eigenvalue weighted by Crippen LogP contribution is -2.56. The number of nitrogens with zero attached hydrogens (tertiary/aromatic N) is 1. The average Bonchev–Trinajstić information content (AvgIpc) is 2.07. The van der Waals surface area contributed by atoms with Crippen LogP contribution in [0, 0.1) is 5.92 Å². The predicted octanol–water partition coefficient (Wildman–Crippen LogP) is 1.40. The lowest BCUT2D eigenvalue weighted by Gasteiger charge is -2.43. The molecule has 1 rings (SSSR count). The van der Waals surface area contributed by atoms with Crippen LogP contribution in [-0.4, -0.2) is 34.1 Å². The summed E-state index contributed by atoms with van der Waals surface area (Å²) in [6, 6.07) is 0.182. The molecule has 0 saturated carbocycles. The first-order chi connectivity index (χ1) is 6.45. The highest BCUT2D eigenvalue weighted by Crippen LogP contribution is 2.26. The molecule has 0 aromatic heterocycles. The lowest BCUT2D eigenvalue weighted by molar-refractivity contribution is -0.147. The van der Waals surface area contributed by atoms with E-state index in [0.717, 1.165) is 0 Å². The Labute approximate surface area is 86.1 Å². The molecule has 0 aromatic carbocycles. The molecule has 14 heavy (non-hydrogen) atoms. The van der Waals surface area contributed by atoms with Crippen LogP contribution in [0.1, 0.15) is 40.5 Å². The molecule has 1 aliphatic rings. The van der Waals surface area contributed by atoms with E-state index in [1.807, 2.05) is 18.7 Å². The number of carbonyl (C=O) groups is 1. The molecule has 3 heteroatoms. The van der Waals surface area contributed by atoms with Crippen molar-refractivity contribution < 1.29 is 9.90 Å². The number of likely N-dealkylation sites (tertiary alicyclic amines) is 1. The van der Waals surface area contributed by atoms with Gasteiger partial charge in [-0.05, 0) is 26.2 Å². The van der Waals surface area contributed by atoms with Crippen LogP contribution in [0.5, 0.6) is 0 Å². The van der Waals surface area contributed by atoms with Gasteiger partial charge in [0.05, 0.1) is 12.1 Å². The van der Waals surface area contributed by atoms with Gasteiger partial charge >= 0.3 is 0 Å². The maximum Gasteiger partial charge on any atom is 0.223 e. The normalized spacial score (nSPS) is 29.1. The number of rotatable bonds is 2. The van der Waals surface area contributed by atoms with Gasteiger partial charge in [0.1, 0.15) is 0 Å². The van der Waals surface area contributed by atoms with Crippen LogP contribution in [0.4, 0.5) is 0 Å². The van der Waals surface area contributed by atoms with Crippen LogP contribution in [0.3, 0.4) is 0 Å². The highest BCUT2D eigenvalue weighted by molar-refractivity contribution is 5.77. The Hall–Kier alpha value is -0.570. The first-order valence-corrected chi connectivity index (χ1v) is 5.44. The van der Waals surface area contributed by atoms with Crippen LogP contribution >= 0.6 is 0 Å². The molecule has 0 bridgehead atoms. The first kappa shape index (κ1) is 11.5. The van der Waals surface area contributed by atoms with Crippen LogP contribution in [0.25, 0.3) is 0 Å². The second-order valence-electron chi connectivity index (χ2n) is 4.74. The largest absolute Gasteiger partial charge is 0.391 e. The predicted molar refractivity (Wildman–Crippen MR) is 55.8 cm³/mol. The van der Waals surface area contributed by atoms with Crippen molar-refractivity contribution in [2.24, 2.45) is 5.92 Å². The van der Waals surface area contributed by atoms with Gasteiger partial charge in [-0.3, -0.25) is 4.79 Å². The summed E-state index contributed by atoms with van der Waals surface area (Å²) in [5.74, 6) is 0.501. The van der Waals surface area contributed by atoms with Crippen molar-refractivity contribution in [3.63, 3.8) is 0 Å². The smallest absolute Gasteiger partial charge is 0.223 e. The maximum atomic E-state index is 11.7. The summed E-state index contributed by atoms with van der Waals surface area (Å²) in [6.45, 7) is 8.13. The van der Waals surface area contributed by atoms with Crippen LogP contribution in [0.15, 0.2) is 0 Å². The van der Waals surface area contributed by atoms with E-state index < -0.39 is 0 Å². The van der Waals surface area contributed by atoms with Gasteiger partial charge in [0.25, 0.3) is 0 Å². The van der Waals surface area contributed by atoms with Crippen LogP contribution in [-0.2, 0) is 4.79 Å². The molecule has 0 aromatic rings. The fourth-order valence-electron chi connectivity index (χ4n) is 2.32. The third-order valence-electron chi connectivity index (χ3n) is 2.90. The zero-order chi connectivity index (χ0) is 10.9. The van der Waals surface area contributed by atoms with Gasteiger partial charge in [-0.1, -0.05) is 13.8 Å². The van der Waals surface area contributed by atoms with Crippen molar-refractivity contribution in [1.82, 2.24) is 4.90 Å². The number of aliphatic hydroxyl groups excluding tert-OH is 1. The highest BCUT2D eigenvalue weighted by atomic mass is 16.3. The molecule has 1 N–H and O–H groups in total. The minimum atomic E-state index is -0.352. The van der Waals surface area contributed by atoms with Gasteiger partial charge in [0, 0.05) is 12.5 Å². The van der Waals surface area contributed by atoms with Gasteiger partial charge in [-0.25, -0.2) is 0 Å². The van der Waals surface area contributed by atoms with Crippen molar-refractivity contribution in [2.45, 2.75) is 58.7 Å². The highest BCUT2D eigenvalue weighted by Gasteiger charge is 2.37. The third-order valence-corrected chi connectivity index (χ3v) is 2.90. The van der Waals surface area contributed by atoms with Crippen LogP contribution in [0.2, 0.25) is 0 Å². The minimum absolute atomic E-state index is 0.00347. The SMILES string of the molecule is CC(C)[C@H]1[C@H](O)CCC(=O)N1C(C)C. The Kier molecular flexibility index (Phi) is 3.53. The first-order valence-electron chi connectivity index (χ1n) is 5.44. The van der Waals surface area contributed by atoms with Gasteiger partial charge in [-0.15, -0.1) is 0 Å². The molecule has 1 amide bonds. The van der Waals surface area contributed by atoms with Gasteiger partial charge in [-0.2, -0.15) is 0 Å². The van der Waals surface area contributed by atoms with Gasteiger partial charge in [0.15, 0.2) is 0 Å². The lowest BCUT2D eigenvalue weighted by atomic mass is 9.89. The van der Waals surface area contributed by atoms with E-state index in [9.17, 15) is 9.90 Å². The molecule has 1 saturated heterocycles. The Balaban J connectivity index is 2.86. The van der Waals surface area contributed by atoms with E-state index in [4.69, 9.17) is 0 Å². The zero-order valence-corrected chi connectivity index (χ0v) is 9.53. The molecule has 1 aliphatic heterocycles. The maximum absolute atomic E-state index is 11.7. The third kappa shape index (κ3) is 2.08. The quantitative estimate of drug-likeness (QED) is 0.730. The van der Waals surface area contributed by atoms with E-state index in [1.165, 1.54) is 0 Å². The molecular formula is C11H21NO2. The molecule has 0 aliphatic carbocycles. The summed E-state index contributed by atoms with van der Waals surface area (Å²) >= 11 is 0. The Morgan fingerprint density at radius 3 is 2.29 bits per heavy atom. The zero-order valence-electron chi connectivity index (χ0n) is 9.53. The number of carbonyl (C=O) groups excluding carboxylic acids is 1. The van der Waals surface area contributed by atoms with E-state index in [1.54, 1.807) is 0 Å². The molecule has 0 unspecified atom stereocenters. The summed E-state index contributed by atoms with van der Waals surface area (Å²) in [5.41, 5.74) is 0. The summed E-state index contributed by atoms with van der Waals surface area (Å²) in [6.07, 6.45) is 0.753.